The number of halogens is 1. The summed E-state index contributed by atoms with van der Waals surface area (Å²) in [6, 6.07) is 13.9. The molecule has 1 aliphatic rings. The first kappa shape index (κ1) is 19.6. The van der Waals surface area contributed by atoms with Gasteiger partial charge in [-0.05, 0) is 42.5 Å². The van der Waals surface area contributed by atoms with Crippen LogP contribution in [0.3, 0.4) is 0 Å². The van der Waals surface area contributed by atoms with Crippen molar-refractivity contribution >= 4 is 35.2 Å². The molecule has 8 nitrogen and oxygen atoms in total. The maximum Gasteiger partial charge on any atom is 0.288 e. The fourth-order valence-electron chi connectivity index (χ4n) is 3.26. The first-order chi connectivity index (χ1) is 14.0. The third-order valence-electron chi connectivity index (χ3n) is 4.81. The third-order valence-corrected chi connectivity index (χ3v) is 5.34. The molecule has 1 fully saturated rings. The van der Waals surface area contributed by atoms with E-state index in [9.17, 15) is 10.1 Å². The number of piperazine rings is 1. The summed E-state index contributed by atoms with van der Waals surface area (Å²) >= 11 is 11.4. The van der Waals surface area contributed by atoms with E-state index in [0.29, 0.717) is 22.4 Å². The molecule has 150 valence electrons. The van der Waals surface area contributed by atoms with Gasteiger partial charge >= 0.3 is 0 Å². The van der Waals surface area contributed by atoms with Crippen LogP contribution in [0.5, 0.6) is 0 Å². The first-order valence-corrected chi connectivity index (χ1v) is 9.84. The van der Waals surface area contributed by atoms with E-state index in [1.165, 1.54) is 12.1 Å². The average molecular weight is 432 g/mol. The Morgan fingerprint density at radius 1 is 1.14 bits per heavy atom. The second-order valence-electron chi connectivity index (χ2n) is 6.70. The highest BCUT2D eigenvalue weighted by Gasteiger charge is 2.19. The van der Waals surface area contributed by atoms with Gasteiger partial charge in [0.25, 0.3) is 10.5 Å². The lowest BCUT2D eigenvalue weighted by Crippen LogP contribution is -2.46. The van der Waals surface area contributed by atoms with Crippen LogP contribution in [0.25, 0.3) is 11.5 Å². The van der Waals surface area contributed by atoms with Gasteiger partial charge in [-0.15, -0.1) is 5.10 Å². The summed E-state index contributed by atoms with van der Waals surface area (Å²) < 4.78 is 7.31. The number of hydrogen-bond acceptors (Lipinski definition) is 7. The van der Waals surface area contributed by atoms with E-state index in [4.69, 9.17) is 28.2 Å². The van der Waals surface area contributed by atoms with Crippen molar-refractivity contribution < 1.29 is 9.34 Å². The highest BCUT2D eigenvalue weighted by molar-refractivity contribution is 7.71. The number of benzene rings is 2. The Hall–Kier alpha value is -2.75. The molecule has 2 heterocycles. The SMILES string of the molecule is O=[N+]([O-])c1ccc(N2CCN(Cn3nc(-c4cccc(Cl)c4)oc3=S)CC2)cc1. The fraction of sp³-hybridized carbons (Fsp3) is 0.263. The predicted molar refractivity (Wildman–Crippen MR) is 113 cm³/mol. The molecular weight excluding hydrogens is 414 g/mol. The molecule has 0 spiro atoms. The Kier molecular flexibility index (Phi) is 5.61. The van der Waals surface area contributed by atoms with Crippen LogP contribution in [0.15, 0.2) is 52.9 Å². The van der Waals surface area contributed by atoms with E-state index in [-0.39, 0.29) is 10.6 Å². The van der Waals surface area contributed by atoms with Crippen LogP contribution in [0.2, 0.25) is 5.02 Å². The lowest BCUT2D eigenvalue weighted by molar-refractivity contribution is -0.384. The maximum absolute atomic E-state index is 10.8. The first-order valence-electron chi connectivity index (χ1n) is 9.05. The molecule has 0 radical (unpaired) electrons. The number of nitro groups is 1. The van der Waals surface area contributed by atoms with Crippen molar-refractivity contribution in [3.05, 3.63) is 68.5 Å². The van der Waals surface area contributed by atoms with Gasteiger partial charge in [-0.3, -0.25) is 15.0 Å². The van der Waals surface area contributed by atoms with Gasteiger partial charge in [-0.2, -0.15) is 0 Å². The van der Waals surface area contributed by atoms with Crippen LogP contribution in [0.4, 0.5) is 11.4 Å². The van der Waals surface area contributed by atoms with Gasteiger partial charge in [-0.1, -0.05) is 17.7 Å². The molecule has 0 aliphatic carbocycles. The summed E-state index contributed by atoms with van der Waals surface area (Å²) in [5, 5.41) is 15.9. The van der Waals surface area contributed by atoms with Crippen LogP contribution in [-0.4, -0.2) is 45.8 Å². The molecule has 3 aromatic rings. The minimum absolute atomic E-state index is 0.100. The molecule has 1 aromatic heterocycles. The van der Waals surface area contributed by atoms with Gasteiger partial charge < -0.3 is 9.32 Å². The summed E-state index contributed by atoms with van der Waals surface area (Å²) in [6.07, 6.45) is 0. The van der Waals surface area contributed by atoms with Gasteiger partial charge in [0.2, 0.25) is 5.89 Å². The smallest absolute Gasteiger partial charge is 0.288 e. The standard InChI is InChI=1S/C19H18ClN5O3S/c20-15-3-1-2-14(12-15)18-21-24(19(29)28-18)13-22-8-10-23(11-9-22)16-4-6-17(7-5-16)25(26)27/h1-7,12H,8-11,13H2. The Bertz CT molecular complexity index is 1070. The highest BCUT2D eigenvalue weighted by Crippen LogP contribution is 2.23. The summed E-state index contributed by atoms with van der Waals surface area (Å²) in [7, 11) is 0. The molecule has 0 amide bonds. The third kappa shape index (κ3) is 4.47. The summed E-state index contributed by atoms with van der Waals surface area (Å²) in [5.74, 6) is 0.446. The number of aromatic nitrogens is 2. The maximum atomic E-state index is 10.8. The summed E-state index contributed by atoms with van der Waals surface area (Å²) in [6.45, 7) is 3.79. The van der Waals surface area contributed by atoms with E-state index in [1.54, 1.807) is 28.9 Å². The van der Waals surface area contributed by atoms with Gasteiger partial charge in [0, 0.05) is 54.6 Å². The van der Waals surface area contributed by atoms with Crippen LogP contribution in [0.1, 0.15) is 0 Å². The summed E-state index contributed by atoms with van der Waals surface area (Å²) in [4.78, 5) is 15.2. The van der Waals surface area contributed by atoms with Crippen molar-refractivity contribution in [3.8, 4) is 11.5 Å². The second-order valence-corrected chi connectivity index (χ2v) is 7.49. The minimum atomic E-state index is -0.388. The molecule has 29 heavy (non-hydrogen) atoms. The van der Waals surface area contributed by atoms with E-state index >= 15 is 0 Å². The molecule has 0 saturated carbocycles. The minimum Gasteiger partial charge on any atom is -0.409 e. The normalized spacial score (nSPS) is 14.9. The quantitative estimate of drug-likeness (QED) is 0.340. The zero-order valence-corrected chi connectivity index (χ0v) is 17.0. The van der Waals surface area contributed by atoms with Crippen molar-refractivity contribution in [2.45, 2.75) is 6.67 Å². The number of rotatable bonds is 5. The zero-order valence-electron chi connectivity index (χ0n) is 15.4. The number of nitro benzene ring substituents is 1. The molecule has 0 atom stereocenters. The van der Waals surface area contributed by atoms with Gasteiger partial charge in [-0.25, -0.2) is 4.68 Å². The number of anilines is 1. The van der Waals surface area contributed by atoms with Crippen molar-refractivity contribution in [1.29, 1.82) is 0 Å². The average Bonchev–Trinajstić information content (AvgIpc) is 3.09. The molecule has 2 aromatic carbocycles. The molecule has 0 unspecified atom stereocenters. The Morgan fingerprint density at radius 2 is 1.86 bits per heavy atom. The van der Waals surface area contributed by atoms with Crippen LogP contribution >= 0.6 is 23.8 Å². The topological polar surface area (TPSA) is 80.6 Å². The molecule has 0 N–H and O–H groups in total. The zero-order chi connectivity index (χ0) is 20.4. The number of hydrogen-bond donors (Lipinski definition) is 0. The highest BCUT2D eigenvalue weighted by atomic mass is 35.5. The summed E-state index contributed by atoms with van der Waals surface area (Å²) in [5.41, 5.74) is 1.87. The Balaban J connectivity index is 1.39. The lowest BCUT2D eigenvalue weighted by Gasteiger charge is -2.35. The molecule has 10 heteroatoms. The molecular formula is C19H18ClN5O3S. The lowest BCUT2D eigenvalue weighted by atomic mass is 10.2. The second kappa shape index (κ2) is 8.32. The van der Waals surface area contributed by atoms with Crippen LogP contribution in [-0.2, 0) is 6.67 Å². The molecule has 0 bridgehead atoms. The van der Waals surface area contributed by atoms with E-state index in [1.807, 2.05) is 12.1 Å². The van der Waals surface area contributed by atoms with Crippen LogP contribution < -0.4 is 4.90 Å². The Morgan fingerprint density at radius 3 is 2.52 bits per heavy atom. The van der Waals surface area contributed by atoms with Crippen molar-refractivity contribution in [1.82, 2.24) is 14.7 Å². The van der Waals surface area contributed by atoms with E-state index < -0.39 is 0 Å². The van der Waals surface area contributed by atoms with Crippen molar-refractivity contribution in [3.63, 3.8) is 0 Å². The van der Waals surface area contributed by atoms with E-state index in [0.717, 1.165) is 37.4 Å². The monoisotopic (exact) mass is 431 g/mol. The van der Waals surface area contributed by atoms with Crippen molar-refractivity contribution in [2.75, 3.05) is 31.1 Å². The number of nitrogens with zero attached hydrogens (tertiary/aromatic N) is 5. The molecule has 4 rings (SSSR count). The van der Waals surface area contributed by atoms with Gasteiger partial charge in [0.15, 0.2) is 0 Å². The largest absolute Gasteiger partial charge is 0.409 e. The van der Waals surface area contributed by atoms with Crippen LogP contribution in [0, 0.1) is 15.0 Å². The van der Waals surface area contributed by atoms with Gasteiger partial charge in [0.05, 0.1) is 11.6 Å². The predicted octanol–water partition coefficient (Wildman–Crippen LogP) is 4.21. The Labute approximate surface area is 177 Å². The molecule has 1 aliphatic heterocycles. The van der Waals surface area contributed by atoms with Crippen molar-refractivity contribution in [2.24, 2.45) is 0 Å². The fourth-order valence-corrected chi connectivity index (χ4v) is 3.62. The number of non-ortho nitro benzene ring substituents is 1. The molecule has 1 saturated heterocycles. The van der Waals surface area contributed by atoms with Gasteiger partial charge in [0.1, 0.15) is 0 Å². The van der Waals surface area contributed by atoms with E-state index in [2.05, 4.69) is 14.9 Å².